The van der Waals surface area contributed by atoms with Crippen LogP contribution in [0.5, 0.6) is 0 Å². The highest BCUT2D eigenvalue weighted by atomic mass is 19.4. The second-order valence-electron chi connectivity index (χ2n) is 7.36. The number of fused-ring (bicyclic) bond motifs is 1. The van der Waals surface area contributed by atoms with Gasteiger partial charge >= 0.3 is 12.1 Å². The fourth-order valence-electron chi connectivity index (χ4n) is 3.81. The first-order chi connectivity index (χ1) is 11.6. The van der Waals surface area contributed by atoms with Crippen molar-refractivity contribution in [3.63, 3.8) is 0 Å². The van der Waals surface area contributed by atoms with E-state index in [1.165, 1.54) is 0 Å². The number of pyridine rings is 1. The molecule has 1 heterocycles. The molecule has 1 aromatic heterocycles. The molecular weight excluding hydrogens is 335 g/mol. The van der Waals surface area contributed by atoms with Crippen molar-refractivity contribution in [2.24, 2.45) is 17.3 Å². The molecule has 3 aliphatic carbocycles. The molecule has 7 heteroatoms. The number of allylic oxidation sites excluding steroid dienone is 1. The molecule has 0 saturated heterocycles. The molecule has 0 aromatic carbocycles. The van der Waals surface area contributed by atoms with Crippen molar-refractivity contribution < 1.29 is 22.7 Å². The molecule has 4 nitrogen and oxygen atoms in total. The Morgan fingerprint density at radius 2 is 2.08 bits per heavy atom. The largest absolute Gasteiger partial charge is 0.460 e. The third-order valence-corrected chi connectivity index (χ3v) is 5.59. The molecule has 0 N–H and O–H groups in total. The van der Waals surface area contributed by atoms with E-state index in [0.29, 0.717) is 24.1 Å². The summed E-state index contributed by atoms with van der Waals surface area (Å²) < 4.78 is 44.1. The number of esters is 1. The van der Waals surface area contributed by atoms with Crippen LogP contribution in [0.4, 0.5) is 13.2 Å². The van der Waals surface area contributed by atoms with Crippen LogP contribution in [0.1, 0.15) is 32.3 Å². The van der Waals surface area contributed by atoms with Crippen LogP contribution in [-0.4, -0.2) is 17.1 Å². The standard InChI is InChI=1S/C18H20F3NO3/c1-17(2)12-4-3-11(14(17)7-12)10-25-16(24)9-22-8-13(18(19,20)21)5-6-15(22)23/h3,5-6,8,12,14H,4,7,9-10H2,1-2H3/t12-,14-/m0/s1. The summed E-state index contributed by atoms with van der Waals surface area (Å²) in [7, 11) is 0. The van der Waals surface area contributed by atoms with Crippen LogP contribution in [-0.2, 0) is 22.3 Å². The van der Waals surface area contributed by atoms with Crippen LogP contribution in [0, 0.1) is 17.3 Å². The summed E-state index contributed by atoms with van der Waals surface area (Å²) in [5.41, 5.74) is -0.381. The van der Waals surface area contributed by atoms with Gasteiger partial charge in [0.1, 0.15) is 13.2 Å². The quantitative estimate of drug-likeness (QED) is 0.614. The highest BCUT2D eigenvalue weighted by Gasteiger charge is 2.51. The molecular formula is C18H20F3NO3. The van der Waals surface area contributed by atoms with Crippen molar-refractivity contribution in [1.29, 1.82) is 0 Å². The summed E-state index contributed by atoms with van der Waals surface area (Å²) in [5, 5.41) is 0. The molecule has 25 heavy (non-hydrogen) atoms. The van der Waals surface area contributed by atoms with Crippen LogP contribution in [0.3, 0.4) is 0 Å². The lowest BCUT2D eigenvalue weighted by Crippen LogP contribution is -2.48. The number of hydrogen-bond acceptors (Lipinski definition) is 3. The molecule has 3 aliphatic rings. The average molecular weight is 355 g/mol. The minimum absolute atomic E-state index is 0.132. The van der Waals surface area contributed by atoms with Crippen molar-refractivity contribution in [3.8, 4) is 0 Å². The lowest BCUT2D eigenvalue weighted by molar-refractivity contribution is -0.145. The van der Waals surface area contributed by atoms with Gasteiger partial charge < -0.3 is 9.30 Å². The summed E-state index contributed by atoms with van der Waals surface area (Å²) in [6.07, 6.45) is 0.211. The van der Waals surface area contributed by atoms with Gasteiger partial charge in [0.15, 0.2) is 0 Å². The van der Waals surface area contributed by atoms with E-state index in [0.717, 1.165) is 29.0 Å². The van der Waals surface area contributed by atoms with E-state index in [1.807, 2.05) is 0 Å². The molecule has 0 aliphatic heterocycles. The number of aromatic nitrogens is 1. The fraction of sp³-hybridized carbons (Fsp3) is 0.556. The lowest BCUT2D eigenvalue weighted by atomic mass is 9.49. The number of hydrogen-bond donors (Lipinski definition) is 0. The SMILES string of the molecule is CC1(C)[C@H]2CC=C(COC(=O)Cn3cc(C(F)(F)F)ccc3=O)[C@@H]1C2. The van der Waals surface area contributed by atoms with E-state index in [-0.39, 0.29) is 12.0 Å². The Morgan fingerprint density at radius 3 is 2.68 bits per heavy atom. The van der Waals surface area contributed by atoms with Gasteiger partial charge in [-0.15, -0.1) is 0 Å². The first kappa shape index (κ1) is 17.8. The smallest absolute Gasteiger partial charge is 0.417 e. The van der Waals surface area contributed by atoms with Crippen molar-refractivity contribution >= 4 is 5.97 Å². The molecule has 0 radical (unpaired) electrons. The average Bonchev–Trinajstić information content (AvgIpc) is 2.54. The fourth-order valence-corrected chi connectivity index (χ4v) is 3.81. The van der Waals surface area contributed by atoms with E-state index in [2.05, 4.69) is 19.9 Å². The van der Waals surface area contributed by atoms with E-state index >= 15 is 0 Å². The number of nitrogens with zero attached hydrogens (tertiary/aromatic N) is 1. The van der Waals surface area contributed by atoms with E-state index in [1.54, 1.807) is 0 Å². The summed E-state index contributed by atoms with van der Waals surface area (Å²) in [5.74, 6) is 0.331. The highest BCUT2D eigenvalue weighted by molar-refractivity contribution is 5.69. The minimum Gasteiger partial charge on any atom is -0.460 e. The van der Waals surface area contributed by atoms with Gasteiger partial charge in [-0.05, 0) is 41.7 Å². The van der Waals surface area contributed by atoms with Crippen molar-refractivity contribution in [1.82, 2.24) is 4.57 Å². The Hall–Kier alpha value is -2.05. The Labute approximate surface area is 143 Å². The molecule has 0 amide bonds. The van der Waals surface area contributed by atoms with Crippen LogP contribution in [0.2, 0.25) is 0 Å². The van der Waals surface area contributed by atoms with Crippen molar-refractivity contribution in [2.45, 2.75) is 39.4 Å². The summed E-state index contributed by atoms with van der Waals surface area (Å²) in [6, 6.07) is 1.50. The van der Waals surface area contributed by atoms with Crippen LogP contribution in [0.25, 0.3) is 0 Å². The third-order valence-electron chi connectivity index (χ3n) is 5.59. The van der Waals surface area contributed by atoms with Gasteiger partial charge in [-0.3, -0.25) is 9.59 Å². The Morgan fingerprint density at radius 1 is 1.36 bits per heavy atom. The first-order valence-corrected chi connectivity index (χ1v) is 8.21. The molecule has 1 aromatic rings. The van der Waals surface area contributed by atoms with Crippen LogP contribution in [0.15, 0.2) is 34.8 Å². The Balaban J connectivity index is 1.62. The lowest BCUT2D eigenvalue weighted by Gasteiger charge is -2.56. The predicted molar refractivity (Wildman–Crippen MR) is 84.7 cm³/mol. The molecule has 2 atom stereocenters. The number of carbonyl (C=O) groups is 1. The molecule has 136 valence electrons. The Kier molecular flexibility index (Phi) is 4.29. The molecule has 4 rings (SSSR count). The van der Waals surface area contributed by atoms with E-state index in [9.17, 15) is 22.8 Å². The van der Waals surface area contributed by atoms with Crippen molar-refractivity contribution in [3.05, 3.63) is 45.9 Å². The zero-order valence-corrected chi connectivity index (χ0v) is 14.1. The predicted octanol–water partition coefficient (Wildman–Crippen LogP) is 3.40. The number of ether oxygens (including phenoxy) is 1. The monoisotopic (exact) mass is 355 g/mol. The van der Waals surface area contributed by atoms with Gasteiger partial charge in [0, 0.05) is 12.3 Å². The molecule has 0 unspecified atom stereocenters. The van der Waals surface area contributed by atoms with E-state index in [4.69, 9.17) is 4.74 Å². The van der Waals surface area contributed by atoms with Gasteiger partial charge in [0.2, 0.25) is 0 Å². The summed E-state index contributed by atoms with van der Waals surface area (Å²) >= 11 is 0. The minimum atomic E-state index is -4.57. The normalized spacial score (nSPS) is 24.3. The maximum absolute atomic E-state index is 12.7. The number of rotatable bonds is 4. The van der Waals surface area contributed by atoms with Crippen LogP contribution >= 0.6 is 0 Å². The zero-order chi connectivity index (χ0) is 18.4. The number of carbonyl (C=O) groups excluding carboxylic acids is 1. The second-order valence-corrected chi connectivity index (χ2v) is 7.36. The van der Waals surface area contributed by atoms with E-state index < -0.39 is 29.8 Å². The van der Waals surface area contributed by atoms with Gasteiger partial charge in [0.25, 0.3) is 5.56 Å². The van der Waals surface area contributed by atoms with Crippen molar-refractivity contribution in [2.75, 3.05) is 6.61 Å². The topological polar surface area (TPSA) is 48.3 Å². The molecule has 1 fully saturated rings. The number of halogens is 3. The first-order valence-electron chi connectivity index (χ1n) is 8.21. The maximum atomic E-state index is 12.7. The molecule has 2 bridgehead atoms. The van der Waals surface area contributed by atoms with Crippen LogP contribution < -0.4 is 5.56 Å². The van der Waals surface area contributed by atoms with Gasteiger partial charge in [-0.2, -0.15) is 13.2 Å². The molecule has 1 saturated carbocycles. The summed E-state index contributed by atoms with van der Waals surface area (Å²) in [4.78, 5) is 23.6. The third kappa shape index (κ3) is 3.37. The molecule has 0 spiro atoms. The second kappa shape index (κ2) is 6.04. The Bertz CT molecular complexity index is 777. The zero-order valence-electron chi connectivity index (χ0n) is 14.1. The maximum Gasteiger partial charge on any atom is 0.417 e. The van der Waals surface area contributed by atoms with Gasteiger partial charge in [-0.1, -0.05) is 19.9 Å². The van der Waals surface area contributed by atoms with Gasteiger partial charge in [0.05, 0.1) is 5.56 Å². The summed E-state index contributed by atoms with van der Waals surface area (Å²) in [6.45, 7) is 3.99. The number of alkyl halides is 3. The van der Waals surface area contributed by atoms with Gasteiger partial charge in [-0.25, -0.2) is 0 Å². The highest BCUT2D eigenvalue weighted by Crippen LogP contribution is 2.59.